The van der Waals surface area contributed by atoms with Gasteiger partial charge >= 0.3 is 0 Å². The normalized spacial score (nSPS) is 14.4. The van der Waals surface area contributed by atoms with E-state index in [9.17, 15) is 4.79 Å². The molecule has 3 rings (SSSR count). The highest BCUT2D eigenvalue weighted by Gasteiger charge is 2.22. The first-order chi connectivity index (χ1) is 13.2. The highest BCUT2D eigenvalue weighted by atomic mass is 32.2. The zero-order valence-electron chi connectivity index (χ0n) is 15.7. The van der Waals surface area contributed by atoms with Crippen LogP contribution < -0.4 is 10.2 Å². The van der Waals surface area contributed by atoms with Crippen LogP contribution in [0.3, 0.4) is 0 Å². The first kappa shape index (κ1) is 19.7. The maximum absolute atomic E-state index is 12.0. The van der Waals surface area contributed by atoms with Crippen molar-refractivity contribution in [1.29, 1.82) is 0 Å². The minimum absolute atomic E-state index is 0.0524. The van der Waals surface area contributed by atoms with Gasteiger partial charge in [0.2, 0.25) is 11.9 Å². The summed E-state index contributed by atoms with van der Waals surface area (Å²) in [4.78, 5) is 14.2. The van der Waals surface area contributed by atoms with E-state index in [0.29, 0.717) is 31.5 Å². The summed E-state index contributed by atoms with van der Waals surface area (Å²) in [5.41, 5.74) is 2.17. The van der Waals surface area contributed by atoms with Crippen LogP contribution in [0.25, 0.3) is 5.69 Å². The Bertz CT molecular complexity index is 744. The second-order valence-corrected chi connectivity index (χ2v) is 7.13. The molecule has 1 aromatic heterocycles. The summed E-state index contributed by atoms with van der Waals surface area (Å²) < 4.78 is 12.4. The number of hydrogen-bond donors (Lipinski definition) is 1. The fourth-order valence-corrected chi connectivity index (χ4v) is 3.49. The van der Waals surface area contributed by atoms with Crippen LogP contribution in [0.15, 0.2) is 29.4 Å². The molecule has 1 N–H and O–H groups in total. The Balaban J connectivity index is 1.79. The van der Waals surface area contributed by atoms with Crippen LogP contribution in [0.2, 0.25) is 0 Å². The van der Waals surface area contributed by atoms with E-state index < -0.39 is 0 Å². The molecule has 1 saturated heterocycles. The number of amides is 1. The van der Waals surface area contributed by atoms with E-state index in [1.54, 1.807) is 7.11 Å². The predicted octanol–water partition coefficient (Wildman–Crippen LogP) is 1.27. The first-order valence-electron chi connectivity index (χ1n) is 8.92. The number of nitrogens with one attached hydrogen (secondary N) is 1. The van der Waals surface area contributed by atoms with Gasteiger partial charge in [-0.1, -0.05) is 29.5 Å². The molecule has 1 aliphatic heterocycles. The third kappa shape index (κ3) is 5.21. The predicted molar refractivity (Wildman–Crippen MR) is 105 cm³/mol. The molecule has 2 aromatic rings. The molecule has 1 aromatic carbocycles. The van der Waals surface area contributed by atoms with Gasteiger partial charge in [-0.2, -0.15) is 0 Å². The minimum Gasteiger partial charge on any atom is -0.383 e. The smallest absolute Gasteiger partial charge is 0.232 e. The van der Waals surface area contributed by atoms with Gasteiger partial charge in [0.1, 0.15) is 0 Å². The number of benzene rings is 1. The van der Waals surface area contributed by atoms with Crippen LogP contribution in [-0.4, -0.2) is 73.0 Å². The van der Waals surface area contributed by atoms with Gasteiger partial charge in [-0.15, -0.1) is 10.2 Å². The number of thioether (sulfide) groups is 1. The third-order valence-electron chi connectivity index (χ3n) is 4.16. The molecule has 27 heavy (non-hydrogen) atoms. The minimum atomic E-state index is -0.0524. The van der Waals surface area contributed by atoms with Crippen LogP contribution >= 0.6 is 11.8 Å². The second kappa shape index (κ2) is 9.72. The standard InChI is InChI=1S/C18H25N5O3S/c1-14-3-5-15(6-4-14)23-17(22-8-11-26-12-9-22)20-21-18(23)27-13-16(24)19-7-10-25-2/h3-6H,7-13H2,1-2H3,(H,19,24). The summed E-state index contributed by atoms with van der Waals surface area (Å²) in [6.45, 7) is 5.93. The number of morpholine rings is 1. The number of aryl methyl sites for hydroxylation is 1. The quantitative estimate of drug-likeness (QED) is 0.536. The van der Waals surface area contributed by atoms with E-state index in [1.165, 1.54) is 17.3 Å². The Morgan fingerprint density at radius 1 is 1.26 bits per heavy atom. The number of methoxy groups -OCH3 is 1. The number of carbonyl (C=O) groups excluding carboxylic acids is 1. The monoisotopic (exact) mass is 391 g/mol. The summed E-state index contributed by atoms with van der Waals surface area (Å²) in [7, 11) is 1.61. The Hall–Kier alpha value is -2.10. The van der Waals surface area contributed by atoms with Gasteiger partial charge in [0.25, 0.3) is 0 Å². The molecule has 1 fully saturated rings. The Kier molecular flexibility index (Phi) is 7.08. The van der Waals surface area contributed by atoms with Crippen molar-refractivity contribution >= 4 is 23.6 Å². The lowest BCUT2D eigenvalue weighted by atomic mass is 10.2. The lowest BCUT2D eigenvalue weighted by Crippen LogP contribution is -2.37. The number of aromatic nitrogens is 3. The molecule has 0 radical (unpaired) electrons. The zero-order valence-corrected chi connectivity index (χ0v) is 16.5. The van der Waals surface area contributed by atoms with E-state index in [1.807, 2.05) is 16.7 Å². The Morgan fingerprint density at radius 3 is 2.70 bits per heavy atom. The number of nitrogens with zero attached hydrogens (tertiary/aromatic N) is 4. The molecule has 9 heteroatoms. The van der Waals surface area contributed by atoms with Crippen molar-refractivity contribution < 1.29 is 14.3 Å². The van der Waals surface area contributed by atoms with Crippen LogP contribution in [-0.2, 0) is 14.3 Å². The van der Waals surface area contributed by atoms with Gasteiger partial charge in [-0.25, -0.2) is 0 Å². The number of anilines is 1. The van der Waals surface area contributed by atoms with Gasteiger partial charge in [0.15, 0.2) is 5.16 Å². The number of hydrogen-bond acceptors (Lipinski definition) is 7. The molecular weight excluding hydrogens is 366 g/mol. The largest absolute Gasteiger partial charge is 0.383 e. The molecule has 0 saturated carbocycles. The van der Waals surface area contributed by atoms with Gasteiger partial charge in [-0.3, -0.25) is 9.36 Å². The maximum Gasteiger partial charge on any atom is 0.232 e. The fraction of sp³-hybridized carbons (Fsp3) is 0.500. The molecule has 1 aliphatic rings. The molecular formula is C18H25N5O3S. The maximum atomic E-state index is 12.0. The second-order valence-electron chi connectivity index (χ2n) is 6.18. The average Bonchev–Trinajstić information content (AvgIpc) is 3.12. The summed E-state index contributed by atoms with van der Waals surface area (Å²) >= 11 is 1.38. The van der Waals surface area contributed by atoms with Crippen LogP contribution in [0.1, 0.15) is 5.56 Å². The molecule has 0 unspecified atom stereocenters. The van der Waals surface area contributed by atoms with E-state index in [-0.39, 0.29) is 11.7 Å². The molecule has 8 nitrogen and oxygen atoms in total. The van der Waals surface area contributed by atoms with Crippen LogP contribution in [0.5, 0.6) is 0 Å². The number of rotatable bonds is 8. The first-order valence-corrected chi connectivity index (χ1v) is 9.91. The van der Waals surface area contributed by atoms with Crippen molar-refractivity contribution in [2.75, 3.05) is 57.2 Å². The number of ether oxygens (including phenoxy) is 2. The topological polar surface area (TPSA) is 81.5 Å². The lowest BCUT2D eigenvalue weighted by Gasteiger charge is -2.27. The molecule has 0 bridgehead atoms. The van der Waals surface area contributed by atoms with Crippen molar-refractivity contribution in [3.8, 4) is 5.69 Å². The summed E-state index contributed by atoms with van der Waals surface area (Å²) in [5.74, 6) is 1.00. The van der Waals surface area contributed by atoms with Gasteiger partial charge < -0.3 is 19.7 Å². The van der Waals surface area contributed by atoms with E-state index in [4.69, 9.17) is 9.47 Å². The van der Waals surface area contributed by atoms with Gasteiger partial charge in [0, 0.05) is 26.7 Å². The Labute approximate surface area is 163 Å². The molecule has 0 atom stereocenters. The van der Waals surface area contributed by atoms with E-state index in [0.717, 1.165) is 24.7 Å². The summed E-state index contributed by atoms with van der Waals surface area (Å²) in [6, 6.07) is 8.21. The van der Waals surface area contributed by atoms with Crippen molar-refractivity contribution in [1.82, 2.24) is 20.1 Å². The van der Waals surface area contributed by atoms with E-state index in [2.05, 4.69) is 39.5 Å². The SMILES string of the molecule is COCCNC(=O)CSc1nnc(N2CCOCC2)n1-c1ccc(C)cc1. The molecule has 2 heterocycles. The fourth-order valence-electron chi connectivity index (χ4n) is 2.72. The van der Waals surface area contributed by atoms with Gasteiger partial charge in [0.05, 0.1) is 31.3 Å². The molecule has 1 amide bonds. The summed E-state index contributed by atoms with van der Waals surface area (Å²) in [6.07, 6.45) is 0. The average molecular weight is 391 g/mol. The zero-order chi connectivity index (χ0) is 19.1. The Morgan fingerprint density at radius 2 is 2.00 bits per heavy atom. The van der Waals surface area contributed by atoms with Crippen molar-refractivity contribution in [3.05, 3.63) is 29.8 Å². The summed E-state index contributed by atoms with van der Waals surface area (Å²) in [5, 5.41) is 12.3. The highest BCUT2D eigenvalue weighted by molar-refractivity contribution is 7.99. The van der Waals surface area contributed by atoms with Crippen LogP contribution in [0.4, 0.5) is 5.95 Å². The highest BCUT2D eigenvalue weighted by Crippen LogP contribution is 2.27. The molecule has 146 valence electrons. The van der Waals surface area contributed by atoms with Crippen molar-refractivity contribution in [2.24, 2.45) is 0 Å². The molecule has 0 spiro atoms. The van der Waals surface area contributed by atoms with Crippen LogP contribution in [0, 0.1) is 6.92 Å². The van der Waals surface area contributed by atoms with E-state index >= 15 is 0 Å². The third-order valence-corrected chi connectivity index (χ3v) is 5.09. The molecule has 0 aliphatic carbocycles. The van der Waals surface area contributed by atoms with Gasteiger partial charge in [-0.05, 0) is 19.1 Å². The van der Waals surface area contributed by atoms with Crippen molar-refractivity contribution in [3.63, 3.8) is 0 Å². The number of carbonyl (C=O) groups is 1. The van der Waals surface area contributed by atoms with Crippen molar-refractivity contribution in [2.45, 2.75) is 12.1 Å². The lowest BCUT2D eigenvalue weighted by molar-refractivity contribution is -0.118.